The molecule has 0 aromatic carbocycles. The third-order valence-electron chi connectivity index (χ3n) is 3.96. The molecule has 0 bridgehead atoms. The molecular weight excluding hydrogens is 268 g/mol. The van der Waals surface area contributed by atoms with Gasteiger partial charge in [0.25, 0.3) is 5.89 Å². The lowest BCUT2D eigenvalue weighted by Crippen LogP contribution is -2.45. The van der Waals surface area contributed by atoms with Crippen molar-refractivity contribution in [1.82, 2.24) is 30.1 Å². The molecule has 0 aliphatic carbocycles. The molecule has 1 unspecified atom stereocenters. The Morgan fingerprint density at radius 1 is 1.38 bits per heavy atom. The standard InChI is InChI=1S/C14H22N6O/c1-4-12(20-7-5-15-6-8-20)13-16-14(21-18-13)11-9-19(3)17-10(11)2/h9,12,15H,4-8H2,1-3H3. The van der Waals surface area contributed by atoms with Crippen LogP contribution < -0.4 is 5.32 Å². The molecule has 1 saturated heterocycles. The summed E-state index contributed by atoms with van der Waals surface area (Å²) in [4.78, 5) is 7.03. The van der Waals surface area contributed by atoms with Crippen LogP contribution in [0.25, 0.3) is 11.5 Å². The van der Waals surface area contributed by atoms with Gasteiger partial charge in [-0.1, -0.05) is 12.1 Å². The molecule has 1 aliphatic heterocycles. The Hall–Kier alpha value is -1.73. The summed E-state index contributed by atoms with van der Waals surface area (Å²) in [6.07, 6.45) is 2.89. The number of hydrogen-bond acceptors (Lipinski definition) is 6. The van der Waals surface area contributed by atoms with Crippen LogP contribution in [0, 0.1) is 6.92 Å². The van der Waals surface area contributed by atoms with Gasteiger partial charge in [0.1, 0.15) is 0 Å². The van der Waals surface area contributed by atoms with Crippen molar-refractivity contribution in [2.45, 2.75) is 26.3 Å². The van der Waals surface area contributed by atoms with Crippen molar-refractivity contribution in [2.24, 2.45) is 7.05 Å². The zero-order valence-electron chi connectivity index (χ0n) is 12.8. The van der Waals surface area contributed by atoms with E-state index in [0.29, 0.717) is 5.89 Å². The highest BCUT2D eigenvalue weighted by Gasteiger charge is 2.25. The van der Waals surface area contributed by atoms with Gasteiger partial charge in [0.05, 0.1) is 17.3 Å². The Morgan fingerprint density at radius 2 is 2.14 bits per heavy atom. The maximum absolute atomic E-state index is 5.46. The van der Waals surface area contributed by atoms with Crippen molar-refractivity contribution in [3.8, 4) is 11.5 Å². The Morgan fingerprint density at radius 3 is 2.76 bits per heavy atom. The third kappa shape index (κ3) is 2.84. The highest BCUT2D eigenvalue weighted by atomic mass is 16.5. The van der Waals surface area contributed by atoms with E-state index in [1.807, 2.05) is 20.2 Å². The molecule has 21 heavy (non-hydrogen) atoms. The molecule has 2 aromatic heterocycles. The smallest absolute Gasteiger partial charge is 0.261 e. The third-order valence-corrected chi connectivity index (χ3v) is 3.96. The Kier molecular flexibility index (Phi) is 4.03. The summed E-state index contributed by atoms with van der Waals surface area (Å²) >= 11 is 0. The first-order valence-corrected chi connectivity index (χ1v) is 7.48. The number of hydrogen-bond donors (Lipinski definition) is 1. The predicted octanol–water partition coefficient (Wildman–Crippen LogP) is 1.13. The zero-order chi connectivity index (χ0) is 14.8. The van der Waals surface area contributed by atoms with Gasteiger partial charge in [-0.05, 0) is 13.3 Å². The minimum Gasteiger partial charge on any atom is -0.334 e. The minimum absolute atomic E-state index is 0.224. The number of rotatable bonds is 4. The summed E-state index contributed by atoms with van der Waals surface area (Å²) in [5, 5.41) is 11.9. The average Bonchev–Trinajstić information content (AvgIpc) is 3.08. The van der Waals surface area contributed by atoms with E-state index >= 15 is 0 Å². The second-order valence-electron chi connectivity index (χ2n) is 5.47. The summed E-state index contributed by atoms with van der Waals surface area (Å²) in [5.74, 6) is 1.34. The Bertz CT molecular complexity index is 598. The van der Waals surface area contributed by atoms with Crippen LogP contribution in [0.1, 0.15) is 30.9 Å². The maximum Gasteiger partial charge on any atom is 0.261 e. The topological polar surface area (TPSA) is 72.0 Å². The van der Waals surface area contributed by atoms with Crippen molar-refractivity contribution in [1.29, 1.82) is 0 Å². The van der Waals surface area contributed by atoms with Gasteiger partial charge in [0.2, 0.25) is 0 Å². The van der Waals surface area contributed by atoms with Crippen LogP contribution in [0.4, 0.5) is 0 Å². The Balaban J connectivity index is 1.84. The second kappa shape index (κ2) is 5.95. The molecule has 3 rings (SSSR count). The van der Waals surface area contributed by atoms with E-state index in [2.05, 4.69) is 32.4 Å². The largest absolute Gasteiger partial charge is 0.334 e. The molecule has 0 radical (unpaired) electrons. The van der Waals surface area contributed by atoms with Crippen LogP contribution in [-0.4, -0.2) is 51.0 Å². The molecule has 1 N–H and O–H groups in total. The number of aromatic nitrogens is 4. The molecule has 0 amide bonds. The summed E-state index contributed by atoms with van der Waals surface area (Å²) in [6, 6.07) is 0.224. The fourth-order valence-corrected chi connectivity index (χ4v) is 2.89. The Labute approximate surface area is 124 Å². The van der Waals surface area contributed by atoms with Crippen LogP contribution in [0.5, 0.6) is 0 Å². The number of nitrogens with zero attached hydrogens (tertiary/aromatic N) is 5. The highest BCUT2D eigenvalue weighted by molar-refractivity contribution is 5.54. The van der Waals surface area contributed by atoms with E-state index in [9.17, 15) is 0 Å². The second-order valence-corrected chi connectivity index (χ2v) is 5.47. The summed E-state index contributed by atoms with van der Waals surface area (Å²) in [6.45, 7) is 8.19. The monoisotopic (exact) mass is 290 g/mol. The molecule has 114 valence electrons. The van der Waals surface area contributed by atoms with Crippen molar-refractivity contribution in [3.05, 3.63) is 17.7 Å². The summed E-state index contributed by atoms with van der Waals surface area (Å²) in [7, 11) is 1.89. The lowest BCUT2D eigenvalue weighted by molar-refractivity contribution is 0.160. The number of nitrogens with one attached hydrogen (secondary N) is 1. The molecule has 2 aromatic rings. The predicted molar refractivity (Wildman–Crippen MR) is 78.7 cm³/mol. The first-order chi connectivity index (χ1) is 10.2. The lowest BCUT2D eigenvalue weighted by atomic mass is 10.1. The molecule has 0 saturated carbocycles. The first kappa shape index (κ1) is 14.2. The number of aryl methyl sites for hydroxylation is 2. The van der Waals surface area contributed by atoms with Crippen LogP contribution in [0.15, 0.2) is 10.7 Å². The van der Waals surface area contributed by atoms with Gasteiger partial charge < -0.3 is 9.84 Å². The SMILES string of the molecule is CCC(c1noc(-c2cn(C)nc2C)n1)N1CCNCC1. The molecular formula is C14H22N6O. The normalized spacial score (nSPS) is 18.0. The van der Waals surface area contributed by atoms with E-state index in [1.54, 1.807) is 4.68 Å². The van der Waals surface area contributed by atoms with E-state index in [4.69, 9.17) is 4.52 Å². The summed E-state index contributed by atoms with van der Waals surface area (Å²) < 4.78 is 7.23. The first-order valence-electron chi connectivity index (χ1n) is 7.48. The molecule has 7 heteroatoms. The van der Waals surface area contributed by atoms with Gasteiger partial charge in [0, 0.05) is 39.4 Å². The quantitative estimate of drug-likeness (QED) is 0.910. The van der Waals surface area contributed by atoms with Gasteiger partial charge in [0.15, 0.2) is 5.82 Å². The average molecular weight is 290 g/mol. The van der Waals surface area contributed by atoms with E-state index in [0.717, 1.165) is 49.7 Å². The summed E-state index contributed by atoms with van der Waals surface area (Å²) in [5.41, 5.74) is 1.81. The number of piperazine rings is 1. The van der Waals surface area contributed by atoms with Crippen molar-refractivity contribution in [3.63, 3.8) is 0 Å². The van der Waals surface area contributed by atoms with Crippen molar-refractivity contribution in [2.75, 3.05) is 26.2 Å². The molecule has 1 atom stereocenters. The van der Waals surface area contributed by atoms with Crippen LogP contribution in [0.2, 0.25) is 0 Å². The minimum atomic E-state index is 0.224. The van der Waals surface area contributed by atoms with Crippen LogP contribution >= 0.6 is 0 Å². The molecule has 1 fully saturated rings. The highest BCUT2D eigenvalue weighted by Crippen LogP contribution is 2.26. The lowest BCUT2D eigenvalue weighted by Gasteiger charge is -2.32. The van der Waals surface area contributed by atoms with E-state index in [1.165, 1.54) is 0 Å². The van der Waals surface area contributed by atoms with Crippen LogP contribution in [0.3, 0.4) is 0 Å². The molecule has 3 heterocycles. The van der Waals surface area contributed by atoms with Crippen LogP contribution in [-0.2, 0) is 7.05 Å². The zero-order valence-corrected chi connectivity index (χ0v) is 12.8. The fourth-order valence-electron chi connectivity index (χ4n) is 2.89. The van der Waals surface area contributed by atoms with Crippen molar-refractivity contribution < 1.29 is 4.52 Å². The van der Waals surface area contributed by atoms with Gasteiger partial charge in [-0.2, -0.15) is 10.1 Å². The van der Waals surface area contributed by atoms with Gasteiger partial charge in [-0.3, -0.25) is 9.58 Å². The molecule has 7 nitrogen and oxygen atoms in total. The van der Waals surface area contributed by atoms with E-state index in [-0.39, 0.29) is 6.04 Å². The van der Waals surface area contributed by atoms with Gasteiger partial charge in [-0.25, -0.2) is 0 Å². The van der Waals surface area contributed by atoms with Crippen molar-refractivity contribution >= 4 is 0 Å². The maximum atomic E-state index is 5.46. The fraction of sp³-hybridized carbons (Fsp3) is 0.643. The van der Waals surface area contributed by atoms with E-state index < -0.39 is 0 Å². The van der Waals surface area contributed by atoms with Gasteiger partial charge >= 0.3 is 0 Å². The van der Waals surface area contributed by atoms with Gasteiger partial charge in [-0.15, -0.1) is 0 Å². The molecule has 0 spiro atoms. The molecule has 1 aliphatic rings.